The molecule has 19 heavy (non-hydrogen) atoms. The molecule has 0 aliphatic heterocycles. The van der Waals surface area contributed by atoms with Crippen LogP contribution in [0.15, 0.2) is 30.3 Å². The number of carbonyl (C=O) groups excluding carboxylic acids is 1. The summed E-state index contributed by atoms with van der Waals surface area (Å²) in [4.78, 5) is 14.2. The smallest absolute Gasteiger partial charge is 0.226 e. The van der Waals surface area contributed by atoms with Gasteiger partial charge < -0.3 is 9.64 Å². The van der Waals surface area contributed by atoms with Crippen molar-refractivity contribution in [3.05, 3.63) is 35.9 Å². The van der Waals surface area contributed by atoms with Crippen molar-refractivity contribution in [2.24, 2.45) is 5.92 Å². The molecular formula is C15H20ClNO2. The van der Waals surface area contributed by atoms with E-state index in [0.29, 0.717) is 31.5 Å². The van der Waals surface area contributed by atoms with E-state index in [1.54, 1.807) is 7.11 Å². The van der Waals surface area contributed by atoms with Gasteiger partial charge in [0.1, 0.15) is 0 Å². The van der Waals surface area contributed by atoms with Crippen molar-refractivity contribution in [2.75, 3.05) is 32.7 Å². The highest BCUT2D eigenvalue weighted by molar-refractivity contribution is 6.18. The first kappa shape index (κ1) is 14.4. The minimum Gasteiger partial charge on any atom is -0.383 e. The van der Waals surface area contributed by atoms with Gasteiger partial charge in [0.15, 0.2) is 0 Å². The Kier molecular flexibility index (Phi) is 5.23. The molecule has 1 aliphatic carbocycles. The second kappa shape index (κ2) is 6.92. The highest BCUT2D eigenvalue weighted by atomic mass is 35.5. The molecule has 0 radical (unpaired) electrons. The van der Waals surface area contributed by atoms with E-state index in [4.69, 9.17) is 16.3 Å². The maximum atomic E-state index is 12.4. The quantitative estimate of drug-likeness (QED) is 0.719. The zero-order valence-electron chi connectivity index (χ0n) is 11.2. The minimum atomic E-state index is 0.127. The molecule has 0 bridgehead atoms. The zero-order valence-corrected chi connectivity index (χ0v) is 12.0. The summed E-state index contributed by atoms with van der Waals surface area (Å²) in [5.41, 5.74) is 1.26. The van der Waals surface area contributed by atoms with Gasteiger partial charge in [-0.05, 0) is 17.9 Å². The summed E-state index contributed by atoms with van der Waals surface area (Å²) in [7, 11) is 1.65. The Balaban J connectivity index is 1.93. The molecule has 1 fully saturated rings. The molecule has 1 amide bonds. The van der Waals surface area contributed by atoms with Crippen LogP contribution in [0.1, 0.15) is 17.9 Å². The fraction of sp³-hybridized carbons (Fsp3) is 0.533. The molecule has 2 rings (SSSR count). The van der Waals surface area contributed by atoms with Gasteiger partial charge in [-0.15, -0.1) is 11.6 Å². The summed E-state index contributed by atoms with van der Waals surface area (Å²) in [6.45, 7) is 1.78. The van der Waals surface area contributed by atoms with Gasteiger partial charge in [0.25, 0.3) is 0 Å². The summed E-state index contributed by atoms with van der Waals surface area (Å²) >= 11 is 5.76. The predicted molar refractivity (Wildman–Crippen MR) is 76.5 cm³/mol. The number of nitrogens with zero attached hydrogens (tertiary/aromatic N) is 1. The Bertz CT molecular complexity index is 410. The van der Waals surface area contributed by atoms with Crippen molar-refractivity contribution in [3.63, 3.8) is 0 Å². The fourth-order valence-electron chi connectivity index (χ4n) is 2.41. The number of rotatable bonds is 7. The molecule has 1 aliphatic rings. The molecule has 4 heteroatoms. The van der Waals surface area contributed by atoms with Crippen molar-refractivity contribution in [1.82, 2.24) is 4.90 Å². The second-order valence-corrected chi connectivity index (χ2v) is 5.24. The second-order valence-electron chi connectivity index (χ2n) is 4.87. The van der Waals surface area contributed by atoms with E-state index in [1.165, 1.54) is 5.56 Å². The van der Waals surface area contributed by atoms with Gasteiger partial charge in [-0.3, -0.25) is 4.79 Å². The summed E-state index contributed by atoms with van der Waals surface area (Å²) in [6.07, 6.45) is 0.953. The van der Waals surface area contributed by atoms with Crippen LogP contribution in [0.4, 0.5) is 0 Å². The number of hydrogen-bond donors (Lipinski definition) is 0. The summed E-state index contributed by atoms with van der Waals surface area (Å²) in [6, 6.07) is 10.2. The number of halogens is 1. The molecule has 0 saturated heterocycles. The Hall–Kier alpha value is -1.06. The first-order chi connectivity index (χ1) is 9.27. The first-order valence-corrected chi connectivity index (χ1v) is 7.20. The van der Waals surface area contributed by atoms with Crippen LogP contribution in [-0.2, 0) is 9.53 Å². The van der Waals surface area contributed by atoms with Crippen molar-refractivity contribution >= 4 is 17.5 Å². The number of benzene rings is 1. The molecule has 0 heterocycles. The van der Waals surface area contributed by atoms with E-state index in [1.807, 2.05) is 23.1 Å². The van der Waals surface area contributed by atoms with Gasteiger partial charge in [-0.2, -0.15) is 0 Å². The van der Waals surface area contributed by atoms with Gasteiger partial charge in [-0.1, -0.05) is 30.3 Å². The number of methoxy groups -OCH3 is 1. The number of alkyl halides is 1. The largest absolute Gasteiger partial charge is 0.383 e. The number of ether oxygens (including phenoxy) is 1. The number of carbonyl (C=O) groups is 1. The fourth-order valence-corrected chi connectivity index (χ4v) is 2.61. The molecular weight excluding hydrogens is 262 g/mol. The normalized spacial score (nSPS) is 21.2. The van der Waals surface area contributed by atoms with E-state index < -0.39 is 0 Å². The molecule has 104 valence electrons. The average molecular weight is 282 g/mol. The lowest BCUT2D eigenvalue weighted by atomic mass is 10.1. The lowest BCUT2D eigenvalue weighted by Crippen LogP contribution is -2.36. The third-order valence-corrected chi connectivity index (χ3v) is 3.74. The molecule has 0 spiro atoms. The van der Waals surface area contributed by atoms with Crippen molar-refractivity contribution in [1.29, 1.82) is 0 Å². The molecule has 2 atom stereocenters. The Morgan fingerprint density at radius 1 is 1.37 bits per heavy atom. The maximum Gasteiger partial charge on any atom is 0.226 e. The van der Waals surface area contributed by atoms with E-state index in [0.717, 1.165) is 6.42 Å². The van der Waals surface area contributed by atoms with Gasteiger partial charge >= 0.3 is 0 Å². The van der Waals surface area contributed by atoms with Crippen LogP contribution in [0.25, 0.3) is 0 Å². The van der Waals surface area contributed by atoms with Crippen LogP contribution < -0.4 is 0 Å². The lowest BCUT2D eigenvalue weighted by molar-refractivity contribution is -0.133. The number of amides is 1. The third-order valence-electron chi connectivity index (χ3n) is 3.57. The van der Waals surface area contributed by atoms with E-state index in [9.17, 15) is 4.79 Å². The Morgan fingerprint density at radius 2 is 2.11 bits per heavy atom. The number of hydrogen-bond acceptors (Lipinski definition) is 2. The van der Waals surface area contributed by atoms with E-state index in [-0.39, 0.29) is 11.8 Å². The van der Waals surface area contributed by atoms with Gasteiger partial charge in [0.2, 0.25) is 5.91 Å². The Labute approximate surface area is 119 Å². The highest BCUT2D eigenvalue weighted by Gasteiger charge is 2.45. The summed E-state index contributed by atoms with van der Waals surface area (Å²) in [5.74, 6) is 1.20. The van der Waals surface area contributed by atoms with Crippen LogP contribution in [0, 0.1) is 5.92 Å². The van der Waals surface area contributed by atoms with Gasteiger partial charge in [0.05, 0.1) is 6.61 Å². The van der Waals surface area contributed by atoms with E-state index >= 15 is 0 Å². The minimum absolute atomic E-state index is 0.127. The van der Waals surface area contributed by atoms with Crippen LogP contribution in [0.3, 0.4) is 0 Å². The van der Waals surface area contributed by atoms with Crippen molar-refractivity contribution in [3.8, 4) is 0 Å². The molecule has 1 saturated carbocycles. The van der Waals surface area contributed by atoms with E-state index in [2.05, 4.69) is 12.1 Å². The van der Waals surface area contributed by atoms with Crippen LogP contribution in [0.5, 0.6) is 0 Å². The SMILES string of the molecule is COCCN(CCCl)C(=O)C1CC1c1ccccc1. The van der Waals surface area contributed by atoms with Crippen molar-refractivity contribution in [2.45, 2.75) is 12.3 Å². The zero-order chi connectivity index (χ0) is 13.7. The Morgan fingerprint density at radius 3 is 2.74 bits per heavy atom. The standard InChI is InChI=1S/C15H20ClNO2/c1-19-10-9-17(8-7-16)15(18)14-11-13(14)12-5-3-2-4-6-12/h2-6,13-14H,7-11H2,1H3. The van der Waals surface area contributed by atoms with Gasteiger partial charge in [-0.25, -0.2) is 0 Å². The predicted octanol–water partition coefficient (Wildman–Crippen LogP) is 2.50. The highest BCUT2D eigenvalue weighted by Crippen LogP contribution is 2.48. The molecule has 2 unspecified atom stereocenters. The maximum absolute atomic E-state index is 12.4. The molecule has 1 aromatic carbocycles. The molecule has 0 aromatic heterocycles. The monoisotopic (exact) mass is 281 g/mol. The topological polar surface area (TPSA) is 29.5 Å². The molecule has 1 aromatic rings. The van der Waals surface area contributed by atoms with Gasteiger partial charge in [0, 0.05) is 32.0 Å². The van der Waals surface area contributed by atoms with Crippen molar-refractivity contribution < 1.29 is 9.53 Å². The molecule has 3 nitrogen and oxygen atoms in total. The summed E-state index contributed by atoms with van der Waals surface area (Å²) in [5, 5.41) is 0. The summed E-state index contributed by atoms with van der Waals surface area (Å²) < 4.78 is 5.04. The molecule has 0 N–H and O–H groups in total. The van der Waals surface area contributed by atoms with Crippen LogP contribution in [0.2, 0.25) is 0 Å². The van der Waals surface area contributed by atoms with Crippen LogP contribution >= 0.6 is 11.6 Å². The average Bonchev–Trinajstić information content (AvgIpc) is 3.24. The lowest BCUT2D eigenvalue weighted by Gasteiger charge is -2.21. The third kappa shape index (κ3) is 3.71. The first-order valence-electron chi connectivity index (χ1n) is 6.66. The van der Waals surface area contributed by atoms with Crippen LogP contribution in [-0.4, -0.2) is 43.5 Å².